The molecule has 7 atom stereocenters. The fourth-order valence-electron chi connectivity index (χ4n) is 6.38. The van der Waals surface area contributed by atoms with Crippen LogP contribution in [0.5, 0.6) is 0 Å². The number of aliphatic hydroxyl groups is 5. The molecule has 7 unspecified atom stereocenters. The zero-order valence-corrected chi connectivity index (χ0v) is 30.2. The average molecular weight is 670 g/mol. The highest BCUT2D eigenvalue weighted by molar-refractivity contribution is 5.74. The summed E-state index contributed by atoms with van der Waals surface area (Å²) in [6.45, 7) is 4.76. The van der Waals surface area contributed by atoms with Gasteiger partial charge in [-0.3, -0.25) is 0 Å². The zero-order valence-electron chi connectivity index (χ0n) is 30.2. The summed E-state index contributed by atoms with van der Waals surface area (Å²) in [4.78, 5) is 12.6. The van der Waals surface area contributed by atoms with Gasteiger partial charge in [0.05, 0.1) is 24.3 Å². The van der Waals surface area contributed by atoms with Crippen molar-refractivity contribution in [3.05, 3.63) is 12.2 Å². The van der Waals surface area contributed by atoms with Gasteiger partial charge in [0.1, 0.15) is 18.3 Å². The number of hydrogen-bond acceptors (Lipinski definition) is 7. The van der Waals surface area contributed by atoms with E-state index < -0.39 is 42.6 Å². The van der Waals surface area contributed by atoms with Crippen molar-refractivity contribution in [2.75, 3.05) is 13.1 Å². The molecule has 1 rings (SSSR count). The standard InChI is InChI=1S/C38H75N3O6/c1-3-5-6-7-8-9-10-11-12-13-14-15-16-17-18-19-20-21-22-23-24-25-28-39-38(47)41-33(35(44)29-31(42)4-2)30-40-32-26-27-34(43)37(46)36(32)45/h26-27,31-37,40,42-46H,3-25,28-30H2,1-2H3,(H2,39,41,47). The predicted molar refractivity (Wildman–Crippen MR) is 193 cm³/mol. The van der Waals surface area contributed by atoms with Crippen molar-refractivity contribution < 1.29 is 30.3 Å². The molecule has 0 bridgehead atoms. The monoisotopic (exact) mass is 670 g/mol. The van der Waals surface area contributed by atoms with Crippen LogP contribution in [-0.2, 0) is 0 Å². The molecule has 9 heteroatoms. The van der Waals surface area contributed by atoms with Crippen LogP contribution >= 0.6 is 0 Å². The molecule has 0 aromatic rings. The second kappa shape index (κ2) is 29.7. The molecule has 1 aliphatic carbocycles. The van der Waals surface area contributed by atoms with Crippen molar-refractivity contribution in [3.63, 3.8) is 0 Å². The lowest BCUT2D eigenvalue weighted by molar-refractivity contribution is -0.0571. The van der Waals surface area contributed by atoms with Gasteiger partial charge in [-0.2, -0.15) is 0 Å². The van der Waals surface area contributed by atoms with Crippen LogP contribution in [0, 0.1) is 0 Å². The molecule has 0 spiro atoms. The van der Waals surface area contributed by atoms with E-state index in [2.05, 4.69) is 22.9 Å². The number of urea groups is 1. The minimum absolute atomic E-state index is 0.104. The molecule has 9 nitrogen and oxygen atoms in total. The lowest BCUT2D eigenvalue weighted by Gasteiger charge is -2.33. The second-order valence-electron chi connectivity index (χ2n) is 14.1. The maximum absolute atomic E-state index is 12.6. The first-order chi connectivity index (χ1) is 22.8. The van der Waals surface area contributed by atoms with Gasteiger partial charge in [-0.15, -0.1) is 0 Å². The quantitative estimate of drug-likeness (QED) is 0.0314. The summed E-state index contributed by atoms with van der Waals surface area (Å²) in [5.74, 6) is 0. The van der Waals surface area contributed by atoms with Gasteiger partial charge in [0.2, 0.25) is 0 Å². The highest BCUT2D eigenvalue weighted by atomic mass is 16.4. The third-order valence-corrected chi connectivity index (χ3v) is 9.74. The Balaban J connectivity index is 2.03. The largest absolute Gasteiger partial charge is 0.393 e. The maximum Gasteiger partial charge on any atom is 0.315 e. The lowest BCUT2D eigenvalue weighted by atomic mass is 9.93. The molecule has 2 amide bonds. The first kappa shape index (κ1) is 43.8. The van der Waals surface area contributed by atoms with Crippen LogP contribution < -0.4 is 16.0 Å². The van der Waals surface area contributed by atoms with Crippen LogP contribution in [0.15, 0.2) is 12.2 Å². The Morgan fingerprint density at radius 3 is 1.53 bits per heavy atom. The molecule has 1 aliphatic rings. The van der Waals surface area contributed by atoms with Crippen molar-refractivity contribution in [3.8, 4) is 0 Å². The van der Waals surface area contributed by atoms with Gasteiger partial charge >= 0.3 is 6.03 Å². The van der Waals surface area contributed by atoms with Gasteiger partial charge in [-0.05, 0) is 12.8 Å². The molecular formula is C38H75N3O6. The van der Waals surface area contributed by atoms with Crippen molar-refractivity contribution >= 4 is 6.03 Å². The van der Waals surface area contributed by atoms with Crippen molar-refractivity contribution in [2.45, 2.75) is 211 Å². The summed E-state index contributed by atoms with van der Waals surface area (Å²) in [6, 6.07) is -1.75. The van der Waals surface area contributed by atoms with E-state index in [9.17, 15) is 30.3 Å². The van der Waals surface area contributed by atoms with E-state index in [0.717, 1.165) is 12.8 Å². The minimum atomic E-state index is -1.32. The summed E-state index contributed by atoms with van der Waals surface area (Å²) in [5, 5.41) is 59.3. The number of amides is 2. The summed E-state index contributed by atoms with van der Waals surface area (Å²) < 4.78 is 0. The average Bonchev–Trinajstić information content (AvgIpc) is 3.06. The molecule has 0 heterocycles. The van der Waals surface area contributed by atoms with Crippen LogP contribution in [0.1, 0.15) is 168 Å². The highest BCUT2D eigenvalue weighted by Crippen LogP contribution is 2.16. The zero-order chi connectivity index (χ0) is 34.5. The van der Waals surface area contributed by atoms with Crippen LogP contribution in [0.4, 0.5) is 4.79 Å². The number of hydrogen-bond donors (Lipinski definition) is 8. The molecule has 0 saturated heterocycles. The van der Waals surface area contributed by atoms with E-state index in [1.165, 1.54) is 134 Å². The summed E-state index contributed by atoms with van der Waals surface area (Å²) >= 11 is 0. The fourth-order valence-corrected chi connectivity index (χ4v) is 6.38. The molecule has 0 radical (unpaired) electrons. The lowest BCUT2D eigenvalue weighted by Crippen LogP contribution is -2.57. The Kier molecular flexibility index (Phi) is 27.6. The number of unbranched alkanes of at least 4 members (excludes halogenated alkanes) is 21. The molecular weight excluding hydrogens is 594 g/mol. The van der Waals surface area contributed by atoms with Gasteiger partial charge in [-0.1, -0.05) is 161 Å². The Hall–Kier alpha value is -1.23. The van der Waals surface area contributed by atoms with E-state index in [1.54, 1.807) is 6.08 Å². The molecule has 0 saturated carbocycles. The third-order valence-electron chi connectivity index (χ3n) is 9.74. The SMILES string of the molecule is CCCCCCCCCCCCCCCCCCCCCCCCNC(=O)NC(CNC1C=CC(O)C(O)C1O)C(O)CC(O)CC. The highest BCUT2D eigenvalue weighted by Gasteiger charge is 2.33. The van der Waals surface area contributed by atoms with Crippen LogP contribution in [0.25, 0.3) is 0 Å². The van der Waals surface area contributed by atoms with E-state index in [-0.39, 0.29) is 19.0 Å². The first-order valence-corrected chi connectivity index (χ1v) is 19.7. The van der Waals surface area contributed by atoms with Gasteiger partial charge < -0.3 is 41.5 Å². The number of carbonyl (C=O) groups excluding carboxylic acids is 1. The second-order valence-corrected chi connectivity index (χ2v) is 14.1. The number of carbonyl (C=O) groups is 1. The van der Waals surface area contributed by atoms with Crippen molar-refractivity contribution in [1.29, 1.82) is 0 Å². The summed E-state index contributed by atoms with van der Waals surface area (Å²) in [6.07, 6.45) is 27.6. The maximum atomic E-state index is 12.6. The molecule has 0 aromatic carbocycles. The van der Waals surface area contributed by atoms with E-state index in [0.29, 0.717) is 13.0 Å². The normalized spacial score (nSPS) is 21.4. The molecule has 0 fully saturated rings. The van der Waals surface area contributed by atoms with Crippen LogP contribution in [-0.4, -0.2) is 87.3 Å². The topological polar surface area (TPSA) is 154 Å². The molecule has 0 aliphatic heterocycles. The number of nitrogens with one attached hydrogen (secondary N) is 3. The van der Waals surface area contributed by atoms with E-state index >= 15 is 0 Å². The van der Waals surface area contributed by atoms with Gasteiger partial charge in [-0.25, -0.2) is 4.79 Å². The Labute approximate surface area is 287 Å². The van der Waals surface area contributed by atoms with Crippen molar-refractivity contribution in [1.82, 2.24) is 16.0 Å². The molecule has 278 valence electrons. The molecule has 8 N–H and O–H groups in total. The van der Waals surface area contributed by atoms with Crippen LogP contribution in [0.2, 0.25) is 0 Å². The predicted octanol–water partition coefficient (Wildman–Crippen LogP) is 6.39. The molecule has 47 heavy (non-hydrogen) atoms. The minimum Gasteiger partial charge on any atom is -0.393 e. The smallest absolute Gasteiger partial charge is 0.315 e. The van der Waals surface area contributed by atoms with E-state index in [1.807, 2.05) is 6.92 Å². The van der Waals surface area contributed by atoms with Gasteiger partial charge in [0.15, 0.2) is 0 Å². The van der Waals surface area contributed by atoms with E-state index in [4.69, 9.17) is 0 Å². The van der Waals surface area contributed by atoms with Crippen molar-refractivity contribution in [2.24, 2.45) is 0 Å². The third kappa shape index (κ3) is 22.9. The Morgan fingerprint density at radius 1 is 0.638 bits per heavy atom. The fraction of sp³-hybridized carbons (Fsp3) is 0.921. The van der Waals surface area contributed by atoms with Crippen LogP contribution in [0.3, 0.4) is 0 Å². The van der Waals surface area contributed by atoms with Gasteiger partial charge in [0, 0.05) is 19.5 Å². The summed E-state index contributed by atoms with van der Waals surface area (Å²) in [7, 11) is 0. The Morgan fingerprint density at radius 2 is 1.09 bits per heavy atom. The first-order valence-electron chi connectivity index (χ1n) is 19.7. The van der Waals surface area contributed by atoms with Gasteiger partial charge in [0.25, 0.3) is 0 Å². The molecule has 0 aromatic heterocycles. The summed E-state index contributed by atoms with van der Waals surface area (Å²) in [5.41, 5.74) is 0. The number of rotatable bonds is 31. The Bertz CT molecular complexity index is 757. The number of aliphatic hydroxyl groups excluding tert-OH is 5.